The lowest BCUT2D eigenvalue weighted by molar-refractivity contribution is 0.895. The number of nitrogens with one attached hydrogen (secondary N) is 1. The van der Waals surface area contributed by atoms with Crippen LogP contribution in [0.2, 0.25) is 0 Å². The van der Waals surface area contributed by atoms with Gasteiger partial charge in [0.15, 0.2) is 5.65 Å². The summed E-state index contributed by atoms with van der Waals surface area (Å²) in [6.07, 6.45) is 3.35. The van der Waals surface area contributed by atoms with Crippen molar-refractivity contribution in [2.45, 2.75) is 6.92 Å². The van der Waals surface area contributed by atoms with Gasteiger partial charge in [0, 0.05) is 22.2 Å². The maximum atomic E-state index is 4.86. The molecular formula is C27H20N6S. The third-order valence-corrected chi connectivity index (χ3v) is 6.57. The Kier molecular flexibility index (Phi) is 5.08. The summed E-state index contributed by atoms with van der Waals surface area (Å²) in [5, 5.41) is 11.9. The van der Waals surface area contributed by atoms with Gasteiger partial charge in [0.05, 0.1) is 23.0 Å². The highest BCUT2D eigenvalue weighted by Crippen LogP contribution is 2.32. The van der Waals surface area contributed by atoms with Crippen molar-refractivity contribution < 1.29 is 0 Å². The van der Waals surface area contributed by atoms with E-state index in [-0.39, 0.29) is 0 Å². The van der Waals surface area contributed by atoms with E-state index in [1.165, 1.54) is 11.1 Å². The van der Waals surface area contributed by atoms with Crippen molar-refractivity contribution in [1.82, 2.24) is 24.7 Å². The SMILES string of the molecule is Cc1ccccc1-c1nc(-c2ccc(Nc3ncnc4c3cnn4-c3ccccc3)cc2)cs1. The summed E-state index contributed by atoms with van der Waals surface area (Å²) >= 11 is 1.67. The fourth-order valence-corrected chi connectivity index (χ4v) is 4.82. The molecule has 0 radical (unpaired) electrons. The summed E-state index contributed by atoms with van der Waals surface area (Å²) in [7, 11) is 0. The van der Waals surface area contributed by atoms with E-state index in [9.17, 15) is 0 Å². The van der Waals surface area contributed by atoms with Crippen molar-refractivity contribution >= 4 is 33.9 Å². The van der Waals surface area contributed by atoms with E-state index in [0.29, 0.717) is 0 Å². The lowest BCUT2D eigenvalue weighted by atomic mass is 10.1. The first-order valence-electron chi connectivity index (χ1n) is 10.9. The molecule has 0 saturated carbocycles. The minimum atomic E-state index is 0.718. The first-order valence-corrected chi connectivity index (χ1v) is 11.8. The normalized spacial score (nSPS) is 11.1. The van der Waals surface area contributed by atoms with Gasteiger partial charge < -0.3 is 5.32 Å². The van der Waals surface area contributed by atoms with Crippen molar-refractivity contribution in [1.29, 1.82) is 0 Å². The number of benzene rings is 3. The van der Waals surface area contributed by atoms with Crippen LogP contribution in [0.3, 0.4) is 0 Å². The molecule has 0 bridgehead atoms. The molecule has 0 spiro atoms. The number of para-hydroxylation sites is 1. The van der Waals surface area contributed by atoms with Gasteiger partial charge in [-0.25, -0.2) is 19.6 Å². The van der Waals surface area contributed by atoms with Gasteiger partial charge >= 0.3 is 0 Å². The summed E-state index contributed by atoms with van der Waals surface area (Å²) in [5.74, 6) is 0.718. The van der Waals surface area contributed by atoms with Gasteiger partial charge in [0.1, 0.15) is 17.2 Å². The molecule has 0 fully saturated rings. The molecule has 1 N–H and O–H groups in total. The van der Waals surface area contributed by atoms with Gasteiger partial charge in [-0.1, -0.05) is 54.6 Å². The van der Waals surface area contributed by atoms with Gasteiger partial charge in [0.2, 0.25) is 0 Å². The van der Waals surface area contributed by atoms with E-state index >= 15 is 0 Å². The molecule has 7 heteroatoms. The third kappa shape index (κ3) is 3.72. The molecule has 6 aromatic rings. The van der Waals surface area contributed by atoms with Crippen molar-refractivity contribution in [2.75, 3.05) is 5.32 Å². The molecule has 164 valence electrons. The predicted molar refractivity (Wildman–Crippen MR) is 138 cm³/mol. The van der Waals surface area contributed by atoms with Crippen molar-refractivity contribution in [3.8, 4) is 27.5 Å². The zero-order valence-corrected chi connectivity index (χ0v) is 19.2. The largest absolute Gasteiger partial charge is 0.340 e. The van der Waals surface area contributed by atoms with Crippen LogP contribution in [0.1, 0.15) is 5.56 Å². The number of anilines is 2. The van der Waals surface area contributed by atoms with Crippen LogP contribution in [0.25, 0.3) is 38.5 Å². The minimum Gasteiger partial charge on any atom is -0.340 e. The summed E-state index contributed by atoms with van der Waals surface area (Å²) in [6, 6.07) is 26.5. The molecule has 0 amide bonds. The van der Waals surface area contributed by atoms with E-state index < -0.39 is 0 Å². The van der Waals surface area contributed by atoms with Crippen LogP contribution in [0, 0.1) is 6.92 Å². The Balaban J connectivity index is 1.26. The fourth-order valence-electron chi connectivity index (χ4n) is 3.91. The Bertz CT molecular complexity index is 1590. The molecule has 6 nitrogen and oxygen atoms in total. The van der Waals surface area contributed by atoms with Gasteiger partial charge in [-0.2, -0.15) is 5.10 Å². The van der Waals surface area contributed by atoms with E-state index in [0.717, 1.165) is 44.5 Å². The number of nitrogens with zero attached hydrogens (tertiary/aromatic N) is 5. The molecule has 34 heavy (non-hydrogen) atoms. The monoisotopic (exact) mass is 460 g/mol. The zero-order chi connectivity index (χ0) is 22.9. The maximum absolute atomic E-state index is 4.86. The number of aryl methyl sites for hydroxylation is 1. The van der Waals surface area contributed by atoms with Crippen molar-refractivity contribution in [2.24, 2.45) is 0 Å². The second-order valence-corrected chi connectivity index (χ2v) is 8.76. The van der Waals surface area contributed by atoms with Crippen LogP contribution < -0.4 is 5.32 Å². The highest BCUT2D eigenvalue weighted by molar-refractivity contribution is 7.13. The molecule has 6 rings (SSSR count). The van der Waals surface area contributed by atoms with Crippen LogP contribution in [-0.2, 0) is 0 Å². The minimum absolute atomic E-state index is 0.718. The second-order valence-electron chi connectivity index (χ2n) is 7.91. The smallest absolute Gasteiger partial charge is 0.168 e. The third-order valence-electron chi connectivity index (χ3n) is 5.69. The molecule has 0 unspecified atom stereocenters. The Hall–Kier alpha value is -4.36. The van der Waals surface area contributed by atoms with Crippen LogP contribution in [0.4, 0.5) is 11.5 Å². The molecule has 0 saturated heterocycles. The second kappa shape index (κ2) is 8.53. The number of hydrogen-bond donors (Lipinski definition) is 1. The van der Waals surface area contributed by atoms with Crippen LogP contribution >= 0.6 is 11.3 Å². The molecule has 3 aromatic carbocycles. The number of fused-ring (bicyclic) bond motifs is 1. The average Bonchev–Trinajstić information content (AvgIpc) is 3.54. The molecule has 0 aliphatic carbocycles. The lowest BCUT2D eigenvalue weighted by Crippen LogP contribution is -1.99. The van der Waals surface area contributed by atoms with E-state index in [2.05, 4.69) is 69.1 Å². The fraction of sp³-hybridized carbons (Fsp3) is 0.0370. The zero-order valence-electron chi connectivity index (χ0n) is 18.4. The van der Waals surface area contributed by atoms with E-state index in [1.807, 2.05) is 47.1 Å². The van der Waals surface area contributed by atoms with E-state index in [1.54, 1.807) is 23.9 Å². The molecule has 0 aliphatic rings. The summed E-state index contributed by atoms with van der Waals surface area (Å²) in [5.41, 5.74) is 7.11. The number of hydrogen-bond acceptors (Lipinski definition) is 6. The topological polar surface area (TPSA) is 68.5 Å². The van der Waals surface area contributed by atoms with Crippen LogP contribution in [0.5, 0.6) is 0 Å². The first kappa shape index (κ1) is 20.3. The maximum Gasteiger partial charge on any atom is 0.168 e. The molecule has 3 heterocycles. The van der Waals surface area contributed by atoms with Gasteiger partial charge in [-0.3, -0.25) is 0 Å². The molecule has 0 aliphatic heterocycles. The Labute approximate surface area is 200 Å². The predicted octanol–water partition coefficient (Wildman–Crippen LogP) is 6.66. The molecular weight excluding hydrogens is 440 g/mol. The van der Waals surface area contributed by atoms with Gasteiger partial charge in [-0.15, -0.1) is 11.3 Å². The number of aromatic nitrogens is 5. The first-order chi connectivity index (χ1) is 16.8. The Morgan fingerprint density at radius 2 is 1.65 bits per heavy atom. The molecule has 0 atom stereocenters. The highest BCUT2D eigenvalue weighted by atomic mass is 32.1. The van der Waals surface area contributed by atoms with Crippen LogP contribution in [0.15, 0.2) is 96.8 Å². The standard InChI is InChI=1S/C27H20N6S/c1-18-7-5-6-10-22(18)27-32-24(16-34-27)19-11-13-20(14-12-19)31-25-23-15-30-33(26(23)29-17-28-25)21-8-3-2-4-9-21/h2-17H,1H3,(H,28,29,31). The Morgan fingerprint density at radius 1 is 0.853 bits per heavy atom. The van der Waals surface area contributed by atoms with E-state index in [4.69, 9.17) is 4.98 Å². The lowest BCUT2D eigenvalue weighted by Gasteiger charge is -2.08. The highest BCUT2D eigenvalue weighted by Gasteiger charge is 2.12. The van der Waals surface area contributed by atoms with Crippen molar-refractivity contribution in [3.05, 3.63) is 102 Å². The number of thiazole rings is 1. The summed E-state index contributed by atoms with van der Waals surface area (Å²) in [6.45, 7) is 2.12. The van der Waals surface area contributed by atoms with Crippen molar-refractivity contribution in [3.63, 3.8) is 0 Å². The summed E-state index contributed by atoms with van der Waals surface area (Å²) < 4.78 is 1.82. The summed E-state index contributed by atoms with van der Waals surface area (Å²) in [4.78, 5) is 13.8. The van der Waals surface area contributed by atoms with Gasteiger partial charge in [-0.05, 0) is 36.8 Å². The van der Waals surface area contributed by atoms with Gasteiger partial charge in [0.25, 0.3) is 0 Å². The number of rotatable bonds is 5. The molecule has 3 aromatic heterocycles. The van der Waals surface area contributed by atoms with Crippen LogP contribution in [-0.4, -0.2) is 24.7 Å². The quantitative estimate of drug-likeness (QED) is 0.312. The Morgan fingerprint density at radius 3 is 2.47 bits per heavy atom. The average molecular weight is 461 g/mol.